The van der Waals surface area contributed by atoms with E-state index in [2.05, 4.69) is 15.8 Å². The van der Waals surface area contributed by atoms with Crippen molar-refractivity contribution < 1.29 is 33.0 Å². The number of ether oxygens (including phenoxy) is 4. The van der Waals surface area contributed by atoms with Gasteiger partial charge < -0.3 is 28.7 Å². The number of rotatable bonds is 11. The molecule has 0 radical (unpaired) electrons. The fourth-order valence-corrected chi connectivity index (χ4v) is 4.00. The zero-order valence-electron chi connectivity index (χ0n) is 22.8. The second-order valence-electron chi connectivity index (χ2n) is 8.55. The number of nitrogens with zero attached hydrogens (tertiary/aromatic N) is 1. The van der Waals surface area contributed by atoms with E-state index in [0.29, 0.717) is 59.1 Å². The summed E-state index contributed by atoms with van der Waals surface area (Å²) in [6.07, 6.45) is 0.548. The van der Waals surface area contributed by atoms with Crippen molar-refractivity contribution in [3.8, 4) is 23.0 Å². The molecule has 4 aromatic rings. The highest BCUT2D eigenvalue weighted by Gasteiger charge is 2.16. The number of hydrogen-bond donors (Lipinski definition) is 2. The Balaban J connectivity index is 1.60. The van der Waals surface area contributed by atoms with Gasteiger partial charge >= 0.3 is 0 Å². The van der Waals surface area contributed by atoms with Crippen molar-refractivity contribution in [2.24, 2.45) is 5.10 Å². The van der Waals surface area contributed by atoms with Gasteiger partial charge in [-0.05, 0) is 67.4 Å². The van der Waals surface area contributed by atoms with Gasteiger partial charge in [-0.3, -0.25) is 9.59 Å². The van der Waals surface area contributed by atoms with Crippen LogP contribution in [-0.2, 0) is 6.42 Å². The lowest BCUT2D eigenvalue weighted by Gasteiger charge is -2.11. The minimum atomic E-state index is -0.476. The second kappa shape index (κ2) is 13.2. The van der Waals surface area contributed by atoms with Crippen LogP contribution in [0.15, 0.2) is 76.2 Å². The smallest absolute Gasteiger partial charge is 0.271 e. The van der Waals surface area contributed by atoms with Gasteiger partial charge in [0.25, 0.3) is 11.8 Å². The first-order valence-electron chi connectivity index (χ1n) is 12.6. The number of para-hydroxylation sites is 1. The van der Waals surface area contributed by atoms with Gasteiger partial charge in [-0.2, -0.15) is 0 Å². The van der Waals surface area contributed by atoms with E-state index in [-0.39, 0.29) is 11.1 Å². The number of amides is 2. The molecule has 2 amide bonds. The molecule has 0 aliphatic carbocycles. The molecule has 0 bridgehead atoms. The van der Waals surface area contributed by atoms with E-state index in [1.54, 1.807) is 57.7 Å². The monoisotopic (exact) mass is 545 g/mol. The van der Waals surface area contributed by atoms with E-state index in [0.717, 1.165) is 5.56 Å². The fourth-order valence-electron chi connectivity index (χ4n) is 4.00. The lowest BCUT2D eigenvalue weighted by atomic mass is 10.1. The minimum Gasteiger partial charge on any atom is -0.497 e. The molecule has 0 unspecified atom stereocenters. The highest BCUT2D eigenvalue weighted by Crippen LogP contribution is 2.28. The Bertz CT molecular complexity index is 1560. The average Bonchev–Trinajstić information content (AvgIpc) is 2.99. The predicted octanol–water partition coefficient (Wildman–Crippen LogP) is 4.08. The van der Waals surface area contributed by atoms with E-state index in [1.165, 1.54) is 0 Å². The third kappa shape index (κ3) is 6.52. The molecular weight excluding hydrogens is 514 g/mol. The SMILES string of the molecule is CCOc1cccc2cc(C(=O)NCCc3ccc(OC)c(OC)c3)c(=NNC(=O)c3ccc(OC)cc3)oc12. The number of carbonyl (C=O) groups excluding carboxylic acids is 2. The number of hydrogen-bond acceptors (Lipinski definition) is 8. The van der Waals surface area contributed by atoms with Crippen LogP contribution in [0, 0.1) is 0 Å². The second-order valence-corrected chi connectivity index (χ2v) is 8.55. The van der Waals surface area contributed by atoms with Crippen LogP contribution in [-0.4, -0.2) is 46.3 Å². The normalized spacial score (nSPS) is 11.2. The molecule has 208 valence electrons. The first-order chi connectivity index (χ1) is 19.5. The summed E-state index contributed by atoms with van der Waals surface area (Å²) in [6.45, 7) is 2.62. The maximum atomic E-state index is 13.3. The van der Waals surface area contributed by atoms with E-state index in [9.17, 15) is 9.59 Å². The van der Waals surface area contributed by atoms with Crippen molar-refractivity contribution in [2.75, 3.05) is 34.5 Å². The molecule has 0 fully saturated rings. The molecule has 0 aliphatic rings. The zero-order valence-corrected chi connectivity index (χ0v) is 22.8. The summed E-state index contributed by atoms with van der Waals surface area (Å²) >= 11 is 0. The van der Waals surface area contributed by atoms with Crippen molar-refractivity contribution in [2.45, 2.75) is 13.3 Å². The number of nitrogens with one attached hydrogen (secondary N) is 2. The first-order valence-corrected chi connectivity index (χ1v) is 12.6. The Kier molecular flexibility index (Phi) is 9.24. The highest BCUT2D eigenvalue weighted by molar-refractivity contribution is 5.97. The molecule has 40 heavy (non-hydrogen) atoms. The Morgan fingerprint density at radius 3 is 2.33 bits per heavy atom. The molecule has 0 atom stereocenters. The van der Waals surface area contributed by atoms with Crippen molar-refractivity contribution >= 4 is 22.8 Å². The summed E-state index contributed by atoms with van der Waals surface area (Å²) in [5, 5.41) is 7.71. The van der Waals surface area contributed by atoms with Gasteiger partial charge in [0.1, 0.15) is 11.3 Å². The summed E-state index contributed by atoms with van der Waals surface area (Å²) in [5.41, 5.74) is 4.29. The largest absolute Gasteiger partial charge is 0.497 e. The van der Waals surface area contributed by atoms with Gasteiger partial charge in [-0.15, -0.1) is 5.10 Å². The quantitative estimate of drug-likeness (QED) is 0.273. The molecule has 0 saturated carbocycles. The van der Waals surface area contributed by atoms with Gasteiger partial charge in [-0.1, -0.05) is 18.2 Å². The van der Waals surface area contributed by atoms with Gasteiger partial charge in [0, 0.05) is 17.5 Å². The average molecular weight is 546 g/mol. The topological polar surface area (TPSA) is 121 Å². The Morgan fingerprint density at radius 2 is 1.62 bits per heavy atom. The molecule has 0 saturated heterocycles. The molecule has 10 heteroatoms. The van der Waals surface area contributed by atoms with Crippen LogP contribution in [0.4, 0.5) is 0 Å². The number of benzene rings is 3. The third-order valence-corrected chi connectivity index (χ3v) is 6.04. The van der Waals surface area contributed by atoms with E-state index in [4.69, 9.17) is 23.4 Å². The Morgan fingerprint density at radius 1 is 0.850 bits per heavy atom. The molecule has 10 nitrogen and oxygen atoms in total. The molecule has 1 heterocycles. The lowest BCUT2D eigenvalue weighted by Crippen LogP contribution is -2.32. The van der Waals surface area contributed by atoms with Crippen molar-refractivity contribution in [1.82, 2.24) is 10.7 Å². The number of carbonyl (C=O) groups is 2. The van der Waals surface area contributed by atoms with Crippen LogP contribution in [0.25, 0.3) is 11.0 Å². The van der Waals surface area contributed by atoms with Crippen molar-refractivity contribution in [1.29, 1.82) is 0 Å². The molecule has 1 aromatic heterocycles. The summed E-state index contributed by atoms with van der Waals surface area (Å²) in [7, 11) is 4.69. The number of fused-ring (bicyclic) bond motifs is 1. The molecule has 4 rings (SSSR count). The first kappa shape index (κ1) is 28.0. The molecular formula is C30H31N3O7. The van der Waals surface area contributed by atoms with E-state index in [1.807, 2.05) is 37.3 Å². The fraction of sp³-hybridized carbons (Fsp3) is 0.233. The van der Waals surface area contributed by atoms with Crippen LogP contribution in [0.2, 0.25) is 0 Å². The summed E-state index contributed by atoms with van der Waals surface area (Å²) < 4.78 is 27.5. The maximum Gasteiger partial charge on any atom is 0.271 e. The van der Waals surface area contributed by atoms with Crippen molar-refractivity contribution in [3.63, 3.8) is 0 Å². The van der Waals surface area contributed by atoms with E-state index < -0.39 is 11.8 Å². The third-order valence-electron chi connectivity index (χ3n) is 6.04. The number of methoxy groups -OCH3 is 3. The molecule has 3 aromatic carbocycles. The predicted molar refractivity (Wildman–Crippen MR) is 149 cm³/mol. The summed E-state index contributed by atoms with van der Waals surface area (Å²) in [6, 6.07) is 19.2. The Labute approximate surface area is 231 Å². The molecule has 0 spiro atoms. The van der Waals surface area contributed by atoms with Gasteiger partial charge in [0.15, 0.2) is 22.8 Å². The highest BCUT2D eigenvalue weighted by atomic mass is 16.5. The van der Waals surface area contributed by atoms with Crippen LogP contribution >= 0.6 is 0 Å². The minimum absolute atomic E-state index is 0.0647. The van der Waals surface area contributed by atoms with E-state index >= 15 is 0 Å². The standard InChI is InChI=1S/C30H31N3O7/c1-5-39-25-8-6-7-21-18-23(29(35)31-16-15-19-9-14-24(37-3)26(17-19)38-4)30(40-27(21)25)33-32-28(34)20-10-12-22(36-2)13-11-20/h6-14,17-18H,5,15-16H2,1-4H3,(H,31,35)(H,32,34). The van der Waals surface area contributed by atoms with Gasteiger partial charge in [-0.25, -0.2) is 5.43 Å². The van der Waals surface area contributed by atoms with Crippen LogP contribution < -0.4 is 35.2 Å². The summed E-state index contributed by atoms with van der Waals surface area (Å²) in [4.78, 5) is 26.0. The zero-order chi connectivity index (χ0) is 28.5. The van der Waals surface area contributed by atoms with Crippen LogP contribution in [0.3, 0.4) is 0 Å². The summed E-state index contributed by atoms with van der Waals surface area (Å²) in [5.74, 6) is 1.47. The lowest BCUT2D eigenvalue weighted by molar-refractivity contribution is 0.0934. The van der Waals surface area contributed by atoms with Gasteiger partial charge in [0.05, 0.1) is 27.9 Å². The van der Waals surface area contributed by atoms with Crippen molar-refractivity contribution in [3.05, 3.63) is 89.0 Å². The molecule has 2 N–H and O–H groups in total. The molecule has 0 aliphatic heterocycles. The van der Waals surface area contributed by atoms with Gasteiger partial charge in [0.2, 0.25) is 5.55 Å². The van der Waals surface area contributed by atoms with Crippen LogP contribution in [0.1, 0.15) is 33.2 Å². The Hall–Kier alpha value is -4.99. The maximum absolute atomic E-state index is 13.3. The van der Waals surface area contributed by atoms with Crippen LogP contribution in [0.5, 0.6) is 23.0 Å².